The summed E-state index contributed by atoms with van der Waals surface area (Å²) < 4.78 is 11.5. The van der Waals surface area contributed by atoms with Gasteiger partial charge < -0.3 is 24.4 Å². The van der Waals surface area contributed by atoms with Gasteiger partial charge in [0, 0.05) is 12.1 Å². The van der Waals surface area contributed by atoms with Crippen LogP contribution in [-0.2, 0) is 9.57 Å². The first-order valence-electron chi connectivity index (χ1n) is 11.5. The minimum absolute atomic E-state index is 0.0753. The van der Waals surface area contributed by atoms with Crippen molar-refractivity contribution in [1.29, 1.82) is 0 Å². The maximum atomic E-state index is 12.8. The zero-order chi connectivity index (χ0) is 25.0. The Bertz CT molecular complexity index is 814. The SMILES string of the molecule is CC(C)(C)OC(=O)ON1CCC[C@@H](O)[C@H](NC(=O)c2ccc(O[Si](C)(C)C(C)(C)C)cc2)C1. The highest BCUT2D eigenvalue weighted by atomic mass is 28.4. The second-order valence-electron chi connectivity index (χ2n) is 11.1. The molecule has 1 aliphatic rings. The summed E-state index contributed by atoms with van der Waals surface area (Å²) in [6.45, 7) is 16.8. The number of nitrogens with one attached hydrogen (secondary N) is 1. The Labute approximate surface area is 198 Å². The summed E-state index contributed by atoms with van der Waals surface area (Å²) in [5.41, 5.74) is -0.204. The Hall–Kier alpha value is -2.10. The Morgan fingerprint density at radius 3 is 2.24 bits per heavy atom. The number of ether oxygens (including phenoxy) is 1. The third-order valence-corrected chi connectivity index (χ3v) is 10.3. The highest BCUT2D eigenvalue weighted by molar-refractivity contribution is 6.74. The Morgan fingerprint density at radius 2 is 1.70 bits per heavy atom. The Morgan fingerprint density at radius 1 is 1.09 bits per heavy atom. The molecule has 1 aromatic rings. The van der Waals surface area contributed by atoms with E-state index in [4.69, 9.17) is 14.0 Å². The average Bonchev–Trinajstić information content (AvgIpc) is 2.80. The van der Waals surface area contributed by atoms with E-state index in [0.717, 1.165) is 5.75 Å². The molecule has 0 aromatic heterocycles. The summed E-state index contributed by atoms with van der Waals surface area (Å²) in [4.78, 5) is 30.2. The lowest BCUT2D eigenvalue weighted by Crippen LogP contribution is -2.49. The molecule has 33 heavy (non-hydrogen) atoms. The molecular formula is C24H40N2O6Si. The number of hydrogen-bond acceptors (Lipinski definition) is 7. The van der Waals surface area contributed by atoms with Gasteiger partial charge in [0.25, 0.3) is 5.91 Å². The highest BCUT2D eigenvalue weighted by Gasteiger charge is 2.39. The maximum absolute atomic E-state index is 12.8. The first-order valence-corrected chi connectivity index (χ1v) is 14.4. The van der Waals surface area contributed by atoms with Crippen molar-refractivity contribution in [3.8, 4) is 5.75 Å². The van der Waals surface area contributed by atoms with Crippen LogP contribution < -0.4 is 9.74 Å². The van der Waals surface area contributed by atoms with Gasteiger partial charge in [-0.1, -0.05) is 20.8 Å². The minimum Gasteiger partial charge on any atom is -0.544 e. The van der Waals surface area contributed by atoms with Gasteiger partial charge in [0.05, 0.1) is 18.7 Å². The summed E-state index contributed by atoms with van der Waals surface area (Å²) in [5, 5.41) is 14.9. The number of carbonyl (C=O) groups is 2. The molecule has 1 aromatic carbocycles. The van der Waals surface area contributed by atoms with Crippen molar-refractivity contribution in [1.82, 2.24) is 10.4 Å². The van der Waals surface area contributed by atoms with E-state index >= 15 is 0 Å². The normalized spacial score (nSPS) is 20.5. The van der Waals surface area contributed by atoms with E-state index in [-0.39, 0.29) is 17.5 Å². The molecule has 2 rings (SSSR count). The molecule has 0 aliphatic carbocycles. The first-order chi connectivity index (χ1) is 15.1. The van der Waals surface area contributed by atoms with Crippen molar-refractivity contribution in [2.24, 2.45) is 0 Å². The molecule has 9 heteroatoms. The summed E-state index contributed by atoms with van der Waals surface area (Å²) in [6.07, 6.45) is -0.447. The predicted octanol–water partition coefficient (Wildman–Crippen LogP) is 4.49. The average molecular weight is 481 g/mol. The van der Waals surface area contributed by atoms with Gasteiger partial charge in [0.2, 0.25) is 8.32 Å². The van der Waals surface area contributed by atoms with E-state index < -0.39 is 32.2 Å². The topological polar surface area (TPSA) is 97.3 Å². The predicted molar refractivity (Wildman–Crippen MR) is 130 cm³/mol. The van der Waals surface area contributed by atoms with Crippen molar-refractivity contribution < 1.29 is 28.7 Å². The van der Waals surface area contributed by atoms with Crippen molar-refractivity contribution in [3.63, 3.8) is 0 Å². The molecule has 0 saturated carbocycles. The van der Waals surface area contributed by atoms with E-state index in [1.54, 1.807) is 45.0 Å². The monoisotopic (exact) mass is 480 g/mol. The molecule has 0 radical (unpaired) electrons. The van der Waals surface area contributed by atoms with Crippen LogP contribution >= 0.6 is 0 Å². The van der Waals surface area contributed by atoms with Crippen LogP contribution in [0.3, 0.4) is 0 Å². The number of aliphatic hydroxyl groups excluding tert-OH is 1. The summed E-state index contributed by atoms with van der Waals surface area (Å²) >= 11 is 0. The smallest absolute Gasteiger partial charge is 0.528 e. The molecule has 2 N–H and O–H groups in total. The molecule has 2 atom stereocenters. The Balaban J connectivity index is 2.01. The number of benzene rings is 1. The van der Waals surface area contributed by atoms with Gasteiger partial charge >= 0.3 is 6.16 Å². The van der Waals surface area contributed by atoms with Gasteiger partial charge in [-0.05, 0) is 76.0 Å². The van der Waals surface area contributed by atoms with Gasteiger partial charge in [0.1, 0.15) is 11.4 Å². The quantitative estimate of drug-likeness (QED) is 0.473. The van der Waals surface area contributed by atoms with Gasteiger partial charge in [-0.3, -0.25) is 4.79 Å². The fourth-order valence-electron chi connectivity index (χ4n) is 3.08. The molecule has 186 valence electrons. The van der Waals surface area contributed by atoms with E-state index in [1.165, 1.54) is 5.06 Å². The van der Waals surface area contributed by atoms with Crippen LogP contribution in [0.25, 0.3) is 0 Å². The zero-order valence-electron chi connectivity index (χ0n) is 21.2. The van der Waals surface area contributed by atoms with Crippen LogP contribution in [-0.4, -0.2) is 61.4 Å². The molecule has 0 bridgehead atoms. The van der Waals surface area contributed by atoms with Crippen LogP contribution in [0.1, 0.15) is 64.7 Å². The first kappa shape index (κ1) is 27.1. The third-order valence-electron chi connectivity index (χ3n) is 5.98. The van der Waals surface area contributed by atoms with E-state index in [9.17, 15) is 14.7 Å². The van der Waals surface area contributed by atoms with Crippen LogP contribution in [0.5, 0.6) is 5.75 Å². The molecule has 1 aliphatic heterocycles. The van der Waals surface area contributed by atoms with E-state index in [0.29, 0.717) is 24.9 Å². The van der Waals surface area contributed by atoms with Crippen LogP contribution in [0.2, 0.25) is 18.1 Å². The number of amides is 1. The van der Waals surface area contributed by atoms with Gasteiger partial charge in [0.15, 0.2) is 0 Å². The molecule has 0 spiro atoms. The standard InChI is InChI=1S/C24H40N2O6Si/c1-23(2,3)30-22(29)31-26-15-9-10-20(27)19(16-26)25-21(28)17-11-13-18(14-12-17)32-33(7,8)24(4,5)6/h11-14,19-20,27H,9-10,15-16H2,1-8H3,(H,25,28)/t19-,20-/m1/s1. The number of hydroxylamine groups is 2. The second kappa shape index (κ2) is 10.4. The highest BCUT2D eigenvalue weighted by Crippen LogP contribution is 2.37. The second-order valence-corrected chi connectivity index (χ2v) is 15.8. The molecule has 8 nitrogen and oxygen atoms in total. The largest absolute Gasteiger partial charge is 0.544 e. The van der Waals surface area contributed by atoms with Crippen molar-refractivity contribution >= 4 is 20.4 Å². The maximum Gasteiger partial charge on any atom is 0.528 e. The van der Waals surface area contributed by atoms with E-state index in [2.05, 4.69) is 39.2 Å². The van der Waals surface area contributed by atoms with Gasteiger partial charge in [-0.15, -0.1) is 5.06 Å². The zero-order valence-corrected chi connectivity index (χ0v) is 22.2. The summed E-state index contributed by atoms with van der Waals surface area (Å²) in [5.74, 6) is 0.432. The lowest BCUT2D eigenvalue weighted by Gasteiger charge is -2.36. The lowest BCUT2D eigenvalue weighted by atomic mass is 10.1. The lowest BCUT2D eigenvalue weighted by molar-refractivity contribution is -0.144. The fraction of sp³-hybridized carbons (Fsp3) is 0.667. The Kier molecular flexibility index (Phi) is 8.59. The minimum atomic E-state index is -1.97. The molecule has 1 amide bonds. The number of hydrogen-bond donors (Lipinski definition) is 2. The van der Waals surface area contributed by atoms with Gasteiger partial charge in [-0.25, -0.2) is 4.79 Å². The number of nitrogens with zero attached hydrogens (tertiary/aromatic N) is 1. The van der Waals surface area contributed by atoms with Crippen molar-refractivity contribution in [3.05, 3.63) is 29.8 Å². The number of rotatable bonds is 5. The van der Waals surface area contributed by atoms with Crippen LogP contribution in [0.4, 0.5) is 4.79 Å². The number of aliphatic hydroxyl groups is 1. The summed E-state index contributed by atoms with van der Waals surface area (Å²) in [6, 6.07) is 6.45. The van der Waals surface area contributed by atoms with Gasteiger partial charge in [-0.2, -0.15) is 0 Å². The van der Waals surface area contributed by atoms with E-state index in [1.807, 2.05) is 0 Å². The molecule has 0 unspecified atom stereocenters. The molecule has 1 saturated heterocycles. The van der Waals surface area contributed by atoms with Crippen molar-refractivity contribution in [2.75, 3.05) is 13.1 Å². The van der Waals surface area contributed by atoms with Crippen molar-refractivity contribution in [2.45, 2.75) is 90.3 Å². The number of carbonyl (C=O) groups excluding carboxylic acids is 2. The fourth-order valence-corrected chi connectivity index (χ4v) is 4.11. The van der Waals surface area contributed by atoms with Crippen LogP contribution in [0, 0.1) is 0 Å². The van der Waals surface area contributed by atoms with Crippen LogP contribution in [0.15, 0.2) is 24.3 Å². The summed E-state index contributed by atoms with van der Waals surface area (Å²) in [7, 11) is -1.97. The molecule has 1 heterocycles. The molecular weight excluding hydrogens is 440 g/mol. The third kappa shape index (κ3) is 8.32. The molecule has 1 fully saturated rings.